The second kappa shape index (κ2) is 12.6. The summed E-state index contributed by atoms with van der Waals surface area (Å²) in [5, 5.41) is 0. The molecule has 0 radical (unpaired) electrons. The summed E-state index contributed by atoms with van der Waals surface area (Å²) in [6.45, 7) is 6.66. The lowest BCUT2D eigenvalue weighted by Crippen LogP contribution is -2.41. The van der Waals surface area contributed by atoms with E-state index in [1.807, 2.05) is 19.9 Å². The second-order valence-corrected chi connectivity index (χ2v) is 7.71. The van der Waals surface area contributed by atoms with Crippen LogP contribution < -0.4 is 0 Å². The Balaban J connectivity index is 2.04. The van der Waals surface area contributed by atoms with E-state index in [0.717, 1.165) is 0 Å². The van der Waals surface area contributed by atoms with Crippen molar-refractivity contribution in [1.29, 1.82) is 0 Å². The van der Waals surface area contributed by atoms with Crippen molar-refractivity contribution in [3.8, 4) is 0 Å². The topological polar surface area (TPSA) is 88.1 Å². The molecule has 172 valence electrons. The molecule has 0 heterocycles. The molecule has 0 aromatic heterocycles. The third-order valence-corrected chi connectivity index (χ3v) is 4.65. The van der Waals surface area contributed by atoms with Crippen molar-refractivity contribution < 1.29 is 33.3 Å². The van der Waals surface area contributed by atoms with Crippen LogP contribution in [-0.2, 0) is 23.7 Å². The molecular weight excluding hydrogens is 412 g/mol. The van der Waals surface area contributed by atoms with Gasteiger partial charge in [0.2, 0.25) is 0 Å². The first-order chi connectivity index (χ1) is 15.3. The zero-order chi connectivity index (χ0) is 23.5. The van der Waals surface area contributed by atoms with Crippen molar-refractivity contribution in [2.24, 2.45) is 5.92 Å². The quantitative estimate of drug-likeness (QED) is 0.383. The van der Waals surface area contributed by atoms with Crippen LogP contribution in [-0.4, -0.2) is 49.4 Å². The summed E-state index contributed by atoms with van der Waals surface area (Å²) in [5.41, 5.74) is 0.847. The van der Waals surface area contributed by atoms with Crippen molar-refractivity contribution in [2.45, 2.75) is 46.0 Å². The van der Waals surface area contributed by atoms with E-state index in [9.17, 15) is 14.4 Å². The molecule has 7 heteroatoms. The van der Waals surface area contributed by atoms with Crippen molar-refractivity contribution in [3.63, 3.8) is 0 Å². The number of ether oxygens (including phenoxy) is 4. The molecule has 0 amide bonds. The van der Waals surface area contributed by atoms with E-state index in [4.69, 9.17) is 18.9 Å². The number of hydrogen-bond acceptors (Lipinski definition) is 7. The summed E-state index contributed by atoms with van der Waals surface area (Å²) < 4.78 is 22.2. The monoisotopic (exact) mass is 442 g/mol. The Bertz CT molecular complexity index is 864. The maximum absolute atomic E-state index is 12.4. The van der Waals surface area contributed by atoms with Gasteiger partial charge in [0.15, 0.2) is 0 Å². The Morgan fingerprint density at radius 1 is 0.750 bits per heavy atom. The third-order valence-electron chi connectivity index (χ3n) is 4.65. The van der Waals surface area contributed by atoms with Crippen LogP contribution in [0.4, 0.5) is 0 Å². The molecule has 0 fully saturated rings. The van der Waals surface area contributed by atoms with Crippen LogP contribution in [0.5, 0.6) is 0 Å². The van der Waals surface area contributed by atoms with Gasteiger partial charge in [-0.1, -0.05) is 50.2 Å². The van der Waals surface area contributed by atoms with Gasteiger partial charge in [0, 0.05) is 6.92 Å². The summed E-state index contributed by atoms with van der Waals surface area (Å²) in [4.78, 5) is 36.0. The van der Waals surface area contributed by atoms with Crippen molar-refractivity contribution >= 4 is 17.9 Å². The molecule has 0 aliphatic heterocycles. The molecule has 0 aliphatic rings. The lowest BCUT2D eigenvalue weighted by molar-refractivity contribution is -0.155. The summed E-state index contributed by atoms with van der Waals surface area (Å²) in [6, 6.07) is 17.2. The molecule has 0 bridgehead atoms. The van der Waals surface area contributed by atoms with E-state index < -0.39 is 36.2 Å². The van der Waals surface area contributed by atoms with Crippen molar-refractivity contribution in [1.82, 2.24) is 0 Å². The number of hydrogen-bond donors (Lipinski definition) is 0. The van der Waals surface area contributed by atoms with Gasteiger partial charge in [-0.3, -0.25) is 4.79 Å². The maximum Gasteiger partial charge on any atom is 0.338 e. The molecule has 0 N–H and O–H groups in total. The van der Waals surface area contributed by atoms with Crippen LogP contribution in [0, 0.1) is 5.92 Å². The van der Waals surface area contributed by atoms with Crippen LogP contribution in [0.3, 0.4) is 0 Å². The van der Waals surface area contributed by atoms with Gasteiger partial charge in [0.25, 0.3) is 0 Å². The molecule has 0 spiro atoms. The standard InChI is InChI=1S/C25H30O7/c1-17(2)23(18(3)31-25(28)21-13-9-6-10-14-21)32-22(15-29-19(4)26)16-30-24(27)20-11-7-5-8-12-20/h5-14,17-18,22-23H,15-16H2,1-4H3/t18?,22-,23?/m0/s1. The Morgan fingerprint density at radius 2 is 1.25 bits per heavy atom. The average molecular weight is 443 g/mol. The average Bonchev–Trinajstić information content (AvgIpc) is 2.78. The van der Waals surface area contributed by atoms with Gasteiger partial charge in [-0.15, -0.1) is 0 Å². The number of carbonyl (C=O) groups is 3. The first-order valence-electron chi connectivity index (χ1n) is 10.5. The summed E-state index contributed by atoms with van der Waals surface area (Å²) >= 11 is 0. The highest BCUT2D eigenvalue weighted by Gasteiger charge is 2.29. The van der Waals surface area contributed by atoms with E-state index in [2.05, 4.69) is 0 Å². The first-order valence-corrected chi connectivity index (χ1v) is 10.5. The largest absolute Gasteiger partial charge is 0.463 e. The fourth-order valence-electron chi connectivity index (χ4n) is 3.07. The van der Waals surface area contributed by atoms with E-state index in [1.165, 1.54) is 6.92 Å². The predicted molar refractivity (Wildman–Crippen MR) is 118 cm³/mol. The minimum absolute atomic E-state index is 0.0294. The van der Waals surface area contributed by atoms with Crippen LogP contribution in [0.1, 0.15) is 48.4 Å². The van der Waals surface area contributed by atoms with Gasteiger partial charge in [0.1, 0.15) is 25.4 Å². The summed E-state index contributed by atoms with van der Waals surface area (Å²) in [7, 11) is 0. The third kappa shape index (κ3) is 8.15. The van der Waals surface area contributed by atoms with Crippen molar-refractivity contribution in [3.05, 3.63) is 71.8 Å². The van der Waals surface area contributed by atoms with Gasteiger partial charge in [0.05, 0.1) is 17.2 Å². The molecule has 3 atom stereocenters. The van der Waals surface area contributed by atoms with E-state index in [1.54, 1.807) is 61.5 Å². The molecule has 7 nitrogen and oxygen atoms in total. The molecule has 2 aromatic carbocycles. The second-order valence-electron chi connectivity index (χ2n) is 7.71. The fourth-order valence-corrected chi connectivity index (χ4v) is 3.07. The van der Waals surface area contributed by atoms with Gasteiger partial charge in [-0.25, -0.2) is 9.59 Å². The molecule has 0 aliphatic carbocycles. The van der Waals surface area contributed by atoms with Gasteiger partial charge < -0.3 is 18.9 Å². The maximum atomic E-state index is 12.4. The van der Waals surface area contributed by atoms with Crippen LogP contribution >= 0.6 is 0 Å². The number of benzene rings is 2. The molecule has 2 unspecified atom stereocenters. The highest BCUT2D eigenvalue weighted by atomic mass is 16.6. The Hall–Kier alpha value is -3.19. The van der Waals surface area contributed by atoms with Crippen LogP contribution in [0.25, 0.3) is 0 Å². The Morgan fingerprint density at radius 3 is 1.75 bits per heavy atom. The lowest BCUT2D eigenvalue weighted by Gasteiger charge is -2.31. The summed E-state index contributed by atoms with van der Waals surface area (Å²) in [6.07, 6.45) is -1.83. The fraction of sp³-hybridized carbons (Fsp3) is 0.400. The van der Waals surface area contributed by atoms with Gasteiger partial charge >= 0.3 is 17.9 Å². The normalized spacial score (nSPS) is 13.7. The smallest absolute Gasteiger partial charge is 0.338 e. The van der Waals surface area contributed by atoms with E-state index in [0.29, 0.717) is 11.1 Å². The molecule has 32 heavy (non-hydrogen) atoms. The van der Waals surface area contributed by atoms with E-state index in [-0.39, 0.29) is 19.1 Å². The SMILES string of the molecule is CC(=O)OC[C@@H](COC(=O)c1ccccc1)OC(C(C)C)C(C)OC(=O)c1ccccc1. The molecule has 2 aromatic rings. The van der Waals surface area contributed by atoms with Crippen LogP contribution in [0.2, 0.25) is 0 Å². The lowest BCUT2D eigenvalue weighted by atomic mass is 10.0. The Labute approximate surface area is 188 Å². The van der Waals surface area contributed by atoms with Gasteiger partial charge in [-0.2, -0.15) is 0 Å². The van der Waals surface area contributed by atoms with Gasteiger partial charge in [-0.05, 0) is 37.1 Å². The first kappa shape index (κ1) is 25.1. The predicted octanol–water partition coefficient (Wildman–Crippen LogP) is 4.06. The minimum Gasteiger partial charge on any atom is -0.463 e. The Kier molecular flexibility index (Phi) is 9.88. The zero-order valence-corrected chi connectivity index (χ0v) is 18.9. The molecule has 0 saturated heterocycles. The highest BCUT2D eigenvalue weighted by molar-refractivity contribution is 5.89. The number of rotatable bonds is 11. The molecule has 2 rings (SSSR count). The van der Waals surface area contributed by atoms with Crippen LogP contribution in [0.15, 0.2) is 60.7 Å². The molecular formula is C25H30O7. The molecule has 0 saturated carbocycles. The number of esters is 3. The number of carbonyl (C=O) groups excluding carboxylic acids is 3. The van der Waals surface area contributed by atoms with Crippen molar-refractivity contribution in [2.75, 3.05) is 13.2 Å². The minimum atomic E-state index is -0.725. The van der Waals surface area contributed by atoms with E-state index >= 15 is 0 Å². The zero-order valence-electron chi connectivity index (χ0n) is 18.9. The summed E-state index contributed by atoms with van der Waals surface area (Å²) in [5.74, 6) is -1.47. The highest BCUT2D eigenvalue weighted by Crippen LogP contribution is 2.19.